The third-order valence-electron chi connectivity index (χ3n) is 4.03. The molecule has 1 heterocycles. The number of fused-ring (bicyclic) bond motifs is 1. The normalized spacial score (nSPS) is 14.9. The summed E-state index contributed by atoms with van der Waals surface area (Å²) < 4.78 is 5.35. The summed E-state index contributed by atoms with van der Waals surface area (Å²) in [6.45, 7) is 5.43. The number of amides is 1. The first-order valence-electron chi connectivity index (χ1n) is 8.09. The first kappa shape index (κ1) is 16.2. The number of hydrogen-bond acceptors (Lipinski definition) is 4. The monoisotopic (exact) mass is 324 g/mol. The second-order valence-electron chi connectivity index (χ2n) is 5.97. The minimum absolute atomic E-state index is 0.338. The second kappa shape index (κ2) is 6.83. The maximum atomic E-state index is 12.6. The topological polar surface area (TPSA) is 68.3 Å². The van der Waals surface area contributed by atoms with Crippen LogP contribution in [0.5, 0.6) is 0 Å². The number of ether oxygens (including phenoxy) is 1. The Hall–Kier alpha value is -2.69. The third kappa shape index (κ3) is 3.45. The van der Waals surface area contributed by atoms with Gasteiger partial charge in [0.2, 0.25) is 0 Å². The zero-order valence-corrected chi connectivity index (χ0v) is 13.6. The van der Waals surface area contributed by atoms with E-state index in [1.165, 1.54) is 0 Å². The lowest BCUT2D eigenvalue weighted by atomic mass is 10.1. The molecule has 1 aromatic carbocycles. The van der Waals surface area contributed by atoms with Crippen molar-refractivity contribution in [1.82, 2.24) is 10.3 Å². The molecule has 0 saturated heterocycles. The van der Waals surface area contributed by atoms with Gasteiger partial charge in [-0.3, -0.25) is 9.78 Å². The van der Waals surface area contributed by atoms with Crippen LogP contribution in [0.1, 0.15) is 41.7 Å². The zero-order valence-electron chi connectivity index (χ0n) is 13.6. The number of pyridine rings is 1. The highest BCUT2D eigenvalue weighted by molar-refractivity contribution is 6.04. The summed E-state index contributed by atoms with van der Waals surface area (Å²) >= 11 is 0. The maximum Gasteiger partial charge on any atom is 0.339 e. The number of para-hydroxylation sites is 1. The first-order chi connectivity index (χ1) is 11.6. The van der Waals surface area contributed by atoms with Gasteiger partial charge in [0, 0.05) is 23.5 Å². The van der Waals surface area contributed by atoms with Crippen LogP contribution in [-0.4, -0.2) is 29.5 Å². The highest BCUT2D eigenvalue weighted by Gasteiger charge is 2.28. The van der Waals surface area contributed by atoms with Crippen molar-refractivity contribution in [3.05, 3.63) is 54.2 Å². The Kier molecular flexibility index (Phi) is 4.60. The predicted octanol–water partition coefficient (Wildman–Crippen LogP) is 2.96. The van der Waals surface area contributed by atoms with Gasteiger partial charge in [-0.15, -0.1) is 6.58 Å². The Morgan fingerprint density at radius 1 is 1.42 bits per heavy atom. The fourth-order valence-electron chi connectivity index (χ4n) is 2.55. The summed E-state index contributed by atoms with van der Waals surface area (Å²) in [5.74, 6) is -0.421. The molecular weight excluding hydrogens is 304 g/mol. The van der Waals surface area contributed by atoms with Crippen molar-refractivity contribution in [2.45, 2.75) is 31.8 Å². The first-order valence-corrected chi connectivity index (χ1v) is 8.09. The Morgan fingerprint density at radius 2 is 2.17 bits per heavy atom. The Balaban J connectivity index is 1.86. The molecule has 0 spiro atoms. The smallest absolute Gasteiger partial charge is 0.339 e. The van der Waals surface area contributed by atoms with Gasteiger partial charge in [-0.25, -0.2) is 4.79 Å². The lowest BCUT2D eigenvalue weighted by Gasteiger charge is -2.14. The molecule has 124 valence electrons. The molecule has 0 radical (unpaired) electrons. The van der Waals surface area contributed by atoms with Crippen LogP contribution in [0.25, 0.3) is 10.9 Å². The maximum absolute atomic E-state index is 12.6. The largest absolute Gasteiger partial charge is 0.449 e. The minimum atomic E-state index is -0.867. The van der Waals surface area contributed by atoms with Crippen LogP contribution in [0.3, 0.4) is 0 Å². The number of nitrogens with one attached hydrogen (secondary N) is 1. The molecule has 1 saturated carbocycles. The molecule has 1 amide bonds. The summed E-state index contributed by atoms with van der Waals surface area (Å²) in [4.78, 5) is 29.1. The quantitative estimate of drug-likeness (QED) is 0.655. The van der Waals surface area contributed by atoms with Gasteiger partial charge in [0.05, 0.1) is 11.1 Å². The van der Waals surface area contributed by atoms with Crippen molar-refractivity contribution < 1.29 is 14.3 Å². The zero-order chi connectivity index (χ0) is 17.1. The number of nitrogens with zero attached hydrogens (tertiary/aromatic N) is 1. The van der Waals surface area contributed by atoms with Gasteiger partial charge >= 0.3 is 5.97 Å². The van der Waals surface area contributed by atoms with E-state index in [0.717, 1.165) is 29.4 Å². The fraction of sp³-hybridized carbons (Fsp3) is 0.316. The molecule has 1 aliphatic rings. The third-order valence-corrected chi connectivity index (χ3v) is 4.03. The summed E-state index contributed by atoms with van der Waals surface area (Å²) in [5, 5.41) is 3.36. The Morgan fingerprint density at radius 3 is 2.88 bits per heavy atom. The Bertz CT molecular complexity index is 796. The molecule has 0 unspecified atom stereocenters. The van der Waals surface area contributed by atoms with Gasteiger partial charge in [0.25, 0.3) is 5.91 Å². The molecule has 5 nitrogen and oxygen atoms in total. The van der Waals surface area contributed by atoms with Gasteiger partial charge < -0.3 is 10.1 Å². The van der Waals surface area contributed by atoms with E-state index in [-0.39, 0.29) is 5.91 Å². The van der Waals surface area contributed by atoms with E-state index in [0.29, 0.717) is 18.0 Å². The SMILES string of the molecule is C=CCNC(=O)[C@H](C)OC(=O)c1cc(C2CC2)nc2ccccc12. The van der Waals surface area contributed by atoms with E-state index >= 15 is 0 Å². The van der Waals surface area contributed by atoms with E-state index in [2.05, 4.69) is 16.9 Å². The van der Waals surface area contributed by atoms with E-state index in [9.17, 15) is 9.59 Å². The van der Waals surface area contributed by atoms with Crippen LogP contribution in [-0.2, 0) is 9.53 Å². The molecule has 3 rings (SSSR count). The van der Waals surface area contributed by atoms with Crippen LogP contribution in [0.4, 0.5) is 0 Å². The molecule has 24 heavy (non-hydrogen) atoms. The van der Waals surface area contributed by atoms with Gasteiger partial charge in [0.1, 0.15) is 0 Å². The van der Waals surface area contributed by atoms with Crippen LogP contribution in [0.15, 0.2) is 43.0 Å². The summed E-state index contributed by atoms with van der Waals surface area (Å²) in [5.41, 5.74) is 2.16. The molecule has 1 aromatic heterocycles. The number of benzene rings is 1. The van der Waals surface area contributed by atoms with Crippen LogP contribution >= 0.6 is 0 Å². The Labute approximate surface area is 140 Å². The summed E-state index contributed by atoms with van der Waals surface area (Å²) in [7, 11) is 0. The van der Waals surface area contributed by atoms with Crippen molar-refractivity contribution in [2.24, 2.45) is 0 Å². The molecular formula is C19H20N2O3. The van der Waals surface area contributed by atoms with Crippen LogP contribution < -0.4 is 5.32 Å². The number of esters is 1. The van der Waals surface area contributed by atoms with Gasteiger partial charge in [0.15, 0.2) is 6.10 Å². The number of hydrogen-bond donors (Lipinski definition) is 1. The van der Waals surface area contributed by atoms with Crippen molar-refractivity contribution in [3.8, 4) is 0 Å². The molecule has 5 heteroatoms. The molecule has 1 fully saturated rings. The molecule has 2 aromatic rings. The van der Waals surface area contributed by atoms with E-state index in [1.54, 1.807) is 19.1 Å². The van der Waals surface area contributed by atoms with Crippen LogP contribution in [0, 0.1) is 0 Å². The fourth-order valence-corrected chi connectivity index (χ4v) is 2.55. The average molecular weight is 324 g/mol. The number of carbonyl (C=O) groups excluding carboxylic acids is 2. The second-order valence-corrected chi connectivity index (χ2v) is 5.97. The predicted molar refractivity (Wildman–Crippen MR) is 91.8 cm³/mol. The average Bonchev–Trinajstić information content (AvgIpc) is 3.43. The van der Waals surface area contributed by atoms with E-state index < -0.39 is 12.1 Å². The van der Waals surface area contributed by atoms with E-state index in [1.807, 2.05) is 24.3 Å². The van der Waals surface area contributed by atoms with Gasteiger partial charge in [-0.05, 0) is 31.9 Å². The van der Waals surface area contributed by atoms with Crippen LogP contribution in [0.2, 0.25) is 0 Å². The van der Waals surface area contributed by atoms with Gasteiger partial charge in [-0.2, -0.15) is 0 Å². The highest BCUT2D eigenvalue weighted by Crippen LogP contribution is 2.40. The molecule has 0 bridgehead atoms. The lowest BCUT2D eigenvalue weighted by Crippen LogP contribution is -2.35. The van der Waals surface area contributed by atoms with Gasteiger partial charge in [-0.1, -0.05) is 24.3 Å². The highest BCUT2D eigenvalue weighted by atomic mass is 16.5. The van der Waals surface area contributed by atoms with Crippen molar-refractivity contribution in [2.75, 3.05) is 6.54 Å². The van der Waals surface area contributed by atoms with E-state index in [4.69, 9.17) is 4.74 Å². The molecule has 1 N–H and O–H groups in total. The number of carbonyl (C=O) groups is 2. The summed E-state index contributed by atoms with van der Waals surface area (Å²) in [6.07, 6.45) is 2.90. The van der Waals surface area contributed by atoms with Crippen molar-refractivity contribution in [3.63, 3.8) is 0 Å². The minimum Gasteiger partial charge on any atom is -0.449 e. The number of rotatable bonds is 6. The lowest BCUT2D eigenvalue weighted by molar-refractivity contribution is -0.128. The van der Waals surface area contributed by atoms with Crippen molar-refractivity contribution in [1.29, 1.82) is 0 Å². The summed E-state index contributed by atoms with van der Waals surface area (Å²) in [6, 6.07) is 9.29. The van der Waals surface area contributed by atoms with Crippen molar-refractivity contribution >= 4 is 22.8 Å². The number of aromatic nitrogens is 1. The standard InChI is InChI=1S/C19H20N2O3/c1-3-10-20-18(22)12(2)24-19(23)15-11-17(13-8-9-13)21-16-7-5-4-6-14(15)16/h3-7,11-13H,1,8-10H2,2H3,(H,20,22)/t12-/m0/s1. The molecule has 1 atom stereocenters. The molecule has 1 aliphatic carbocycles. The molecule has 0 aliphatic heterocycles.